The minimum absolute atomic E-state index is 0.323. The van der Waals surface area contributed by atoms with Crippen molar-refractivity contribution in [2.75, 3.05) is 5.73 Å². The Morgan fingerprint density at radius 3 is 2.62 bits per heavy atom. The van der Waals surface area contributed by atoms with E-state index in [1.165, 1.54) is 6.07 Å². The lowest BCUT2D eigenvalue weighted by Crippen LogP contribution is -2.04. The zero-order valence-corrected chi connectivity index (χ0v) is 11.1. The number of alkyl halides is 3. The van der Waals surface area contributed by atoms with Crippen LogP contribution in [0.25, 0.3) is 16.9 Å². The van der Waals surface area contributed by atoms with E-state index in [1.807, 2.05) is 19.1 Å². The van der Waals surface area contributed by atoms with Crippen LogP contribution in [0.2, 0.25) is 0 Å². The lowest BCUT2D eigenvalue weighted by atomic mass is 10.1. The molecule has 0 atom stereocenters. The quantitative estimate of drug-likeness (QED) is 0.738. The summed E-state index contributed by atoms with van der Waals surface area (Å²) in [6.07, 6.45) is -2.63. The number of nitrogens with two attached hydrogens (primary N) is 1. The summed E-state index contributed by atoms with van der Waals surface area (Å²) < 4.78 is 40.0. The number of rotatable bonds is 1. The Bertz CT molecular complexity index is 819. The van der Waals surface area contributed by atoms with Crippen molar-refractivity contribution in [1.29, 1.82) is 0 Å². The highest BCUT2D eigenvalue weighted by molar-refractivity contribution is 5.75. The van der Waals surface area contributed by atoms with Crippen LogP contribution < -0.4 is 5.73 Å². The number of nitrogens with zero attached hydrogens (tertiary/aromatic N) is 2. The predicted octanol–water partition coefficient (Wildman–Crippen LogP) is 3.91. The van der Waals surface area contributed by atoms with Crippen LogP contribution in [0, 0.1) is 6.92 Å². The van der Waals surface area contributed by atoms with Gasteiger partial charge in [-0.05, 0) is 36.8 Å². The van der Waals surface area contributed by atoms with Gasteiger partial charge in [-0.1, -0.05) is 12.1 Å². The van der Waals surface area contributed by atoms with Gasteiger partial charge in [0.2, 0.25) is 0 Å². The molecule has 0 saturated heterocycles. The van der Waals surface area contributed by atoms with Gasteiger partial charge in [0, 0.05) is 11.8 Å². The van der Waals surface area contributed by atoms with E-state index < -0.39 is 11.7 Å². The summed E-state index contributed by atoms with van der Waals surface area (Å²) in [5.74, 6) is 0.323. The number of hydrogen-bond donors (Lipinski definition) is 1. The second kappa shape index (κ2) is 4.51. The molecule has 3 aromatic rings. The number of fused-ring (bicyclic) bond motifs is 1. The second-order valence-corrected chi connectivity index (χ2v) is 4.86. The second-order valence-electron chi connectivity index (χ2n) is 4.86. The average Bonchev–Trinajstić information content (AvgIpc) is 2.74. The topological polar surface area (TPSA) is 43.3 Å². The van der Waals surface area contributed by atoms with Crippen LogP contribution in [0.4, 0.5) is 19.0 Å². The van der Waals surface area contributed by atoms with Crippen molar-refractivity contribution in [3.63, 3.8) is 0 Å². The molecule has 0 spiro atoms. The van der Waals surface area contributed by atoms with Gasteiger partial charge >= 0.3 is 6.18 Å². The van der Waals surface area contributed by atoms with Gasteiger partial charge in [-0.2, -0.15) is 13.2 Å². The minimum Gasteiger partial charge on any atom is -0.383 e. The third-order valence-corrected chi connectivity index (χ3v) is 3.28. The Morgan fingerprint density at radius 1 is 1.14 bits per heavy atom. The predicted molar refractivity (Wildman–Crippen MR) is 74.8 cm³/mol. The molecule has 0 saturated carbocycles. The number of nitrogen functional groups attached to an aromatic ring is 1. The molecule has 2 aromatic heterocycles. The first-order valence-corrected chi connectivity index (χ1v) is 6.28. The molecule has 0 unspecified atom stereocenters. The van der Waals surface area contributed by atoms with E-state index >= 15 is 0 Å². The van der Waals surface area contributed by atoms with Gasteiger partial charge in [0.15, 0.2) is 0 Å². The normalized spacial score (nSPS) is 12.0. The zero-order valence-electron chi connectivity index (χ0n) is 11.1. The molecule has 0 amide bonds. The first-order chi connectivity index (χ1) is 9.86. The average molecular weight is 291 g/mol. The Hall–Kier alpha value is -2.50. The van der Waals surface area contributed by atoms with E-state index in [0.29, 0.717) is 22.7 Å². The molecule has 0 radical (unpaired) electrons. The van der Waals surface area contributed by atoms with Gasteiger partial charge < -0.3 is 5.73 Å². The van der Waals surface area contributed by atoms with Crippen molar-refractivity contribution in [3.8, 4) is 11.3 Å². The first kappa shape index (κ1) is 13.5. The Kier molecular flexibility index (Phi) is 2.90. The van der Waals surface area contributed by atoms with Crippen LogP contribution in [-0.2, 0) is 6.18 Å². The number of aryl methyl sites for hydroxylation is 1. The number of anilines is 1. The van der Waals surface area contributed by atoms with Crippen molar-refractivity contribution in [2.24, 2.45) is 0 Å². The molecule has 0 aliphatic heterocycles. The van der Waals surface area contributed by atoms with Crippen molar-refractivity contribution in [2.45, 2.75) is 13.1 Å². The lowest BCUT2D eigenvalue weighted by molar-refractivity contribution is -0.137. The third kappa shape index (κ3) is 2.33. The number of imidazole rings is 1. The number of aromatic nitrogens is 2. The van der Waals surface area contributed by atoms with E-state index in [0.717, 1.165) is 17.7 Å². The van der Waals surface area contributed by atoms with Crippen LogP contribution in [0.1, 0.15) is 11.1 Å². The Balaban J connectivity index is 2.19. The minimum atomic E-state index is -4.39. The maximum atomic E-state index is 12.8. The summed E-state index contributed by atoms with van der Waals surface area (Å²) in [5, 5.41) is 0. The number of halogens is 3. The molecule has 0 aliphatic rings. The highest BCUT2D eigenvalue weighted by Gasteiger charge is 2.30. The van der Waals surface area contributed by atoms with Gasteiger partial charge in [-0.15, -0.1) is 0 Å². The molecular formula is C15H12F3N3. The SMILES string of the molecule is Cc1ccn2c(N)c(-c3cccc(C(F)(F)F)c3)nc2c1. The van der Waals surface area contributed by atoms with Crippen molar-refractivity contribution in [1.82, 2.24) is 9.38 Å². The fourth-order valence-corrected chi connectivity index (χ4v) is 2.22. The van der Waals surface area contributed by atoms with Crippen LogP contribution in [0.15, 0.2) is 42.6 Å². The summed E-state index contributed by atoms with van der Waals surface area (Å²) in [6.45, 7) is 1.91. The van der Waals surface area contributed by atoms with E-state index in [2.05, 4.69) is 4.98 Å². The molecule has 1 aromatic carbocycles. The van der Waals surface area contributed by atoms with Crippen molar-refractivity contribution < 1.29 is 13.2 Å². The van der Waals surface area contributed by atoms with E-state index in [1.54, 1.807) is 16.7 Å². The Labute approximate surface area is 118 Å². The Morgan fingerprint density at radius 2 is 1.90 bits per heavy atom. The van der Waals surface area contributed by atoms with Crippen LogP contribution in [-0.4, -0.2) is 9.38 Å². The van der Waals surface area contributed by atoms with Crippen LogP contribution in [0.5, 0.6) is 0 Å². The monoisotopic (exact) mass is 291 g/mol. The van der Waals surface area contributed by atoms with Crippen LogP contribution >= 0.6 is 0 Å². The fraction of sp³-hybridized carbons (Fsp3) is 0.133. The lowest BCUT2D eigenvalue weighted by Gasteiger charge is -2.07. The standard InChI is InChI=1S/C15H12F3N3/c1-9-5-6-21-12(7-9)20-13(14(21)19)10-3-2-4-11(8-10)15(16,17)18/h2-8H,19H2,1H3. The van der Waals surface area contributed by atoms with Gasteiger partial charge in [0.05, 0.1) is 5.56 Å². The highest BCUT2D eigenvalue weighted by atomic mass is 19.4. The largest absolute Gasteiger partial charge is 0.416 e. The summed E-state index contributed by atoms with van der Waals surface area (Å²) in [7, 11) is 0. The molecule has 6 heteroatoms. The third-order valence-electron chi connectivity index (χ3n) is 3.28. The number of benzene rings is 1. The first-order valence-electron chi connectivity index (χ1n) is 6.28. The molecule has 0 fully saturated rings. The molecule has 3 rings (SSSR count). The molecule has 21 heavy (non-hydrogen) atoms. The molecule has 2 N–H and O–H groups in total. The fourth-order valence-electron chi connectivity index (χ4n) is 2.22. The van der Waals surface area contributed by atoms with Crippen LogP contribution in [0.3, 0.4) is 0 Å². The van der Waals surface area contributed by atoms with E-state index in [9.17, 15) is 13.2 Å². The van der Waals surface area contributed by atoms with E-state index in [-0.39, 0.29) is 0 Å². The van der Waals surface area contributed by atoms with E-state index in [4.69, 9.17) is 5.73 Å². The van der Waals surface area contributed by atoms with Gasteiger partial charge in [-0.3, -0.25) is 4.40 Å². The van der Waals surface area contributed by atoms with Gasteiger partial charge in [0.1, 0.15) is 17.2 Å². The molecule has 108 valence electrons. The molecule has 3 nitrogen and oxygen atoms in total. The summed E-state index contributed by atoms with van der Waals surface area (Å²) in [4.78, 5) is 4.34. The van der Waals surface area contributed by atoms with Crippen molar-refractivity contribution >= 4 is 11.5 Å². The maximum absolute atomic E-state index is 12.8. The zero-order chi connectivity index (χ0) is 15.2. The molecule has 2 heterocycles. The summed E-state index contributed by atoms with van der Waals surface area (Å²) >= 11 is 0. The molecule has 0 aliphatic carbocycles. The number of pyridine rings is 1. The smallest absolute Gasteiger partial charge is 0.383 e. The number of hydrogen-bond acceptors (Lipinski definition) is 2. The summed E-state index contributed by atoms with van der Waals surface area (Å²) in [5.41, 5.74) is 7.60. The maximum Gasteiger partial charge on any atom is 0.416 e. The molecule has 0 bridgehead atoms. The summed E-state index contributed by atoms with van der Waals surface area (Å²) in [6, 6.07) is 8.70. The van der Waals surface area contributed by atoms with Crippen molar-refractivity contribution in [3.05, 3.63) is 53.7 Å². The molecular weight excluding hydrogens is 279 g/mol. The van der Waals surface area contributed by atoms with Gasteiger partial charge in [0.25, 0.3) is 0 Å². The highest BCUT2D eigenvalue weighted by Crippen LogP contribution is 2.33. The van der Waals surface area contributed by atoms with Gasteiger partial charge in [-0.25, -0.2) is 4.98 Å².